The minimum Gasteiger partial charge on any atom is -0.372 e. The van der Waals surface area contributed by atoms with E-state index in [2.05, 4.69) is 46.1 Å². The number of amides is 1. The van der Waals surface area contributed by atoms with Crippen LogP contribution in [0.2, 0.25) is 5.02 Å². The van der Waals surface area contributed by atoms with Gasteiger partial charge in [0.25, 0.3) is 0 Å². The van der Waals surface area contributed by atoms with E-state index in [4.69, 9.17) is 33.8 Å². The molecule has 3 aromatic rings. The predicted octanol–water partition coefficient (Wildman–Crippen LogP) is 2.33. The number of halogens is 1. The van der Waals surface area contributed by atoms with Crippen molar-refractivity contribution in [2.24, 2.45) is 5.73 Å². The van der Waals surface area contributed by atoms with Crippen molar-refractivity contribution in [1.29, 1.82) is 0 Å². The second-order valence-electron chi connectivity index (χ2n) is 8.33. The van der Waals surface area contributed by atoms with Gasteiger partial charge in [0.2, 0.25) is 12.4 Å². The van der Waals surface area contributed by atoms with Crippen LogP contribution in [0.3, 0.4) is 0 Å². The number of nitrogens with one attached hydrogen (secondary N) is 3. The molecule has 0 aliphatic carbocycles. The minimum atomic E-state index is 0.250. The maximum atomic E-state index is 10.8. The first-order chi connectivity index (χ1) is 19.8. The zero-order valence-electron chi connectivity index (χ0n) is 22.9. The first-order valence-electron chi connectivity index (χ1n) is 12.3. The Morgan fingerprint density at radius 3 is 2.29 bits per heavy atom. The van der Waals surface area contributed by atoms with E-state index in [1.807, 2.05) is 44.2 Å². The van der Waals surface area contributed by atoms with Gasteiger partial charge in [-0.2, -0.15) is 0 Å². The van der Waals surface area contributed by atoms with E-state index in [0.717, 1.165) is 49.4 Å². The van der Waals surface area contributed by atoms with Crippen LogP contribution in [0, 0.1) is 13.8 Å². The molecule has 0 saturated carbocycles. The number of carbonyl (C=O) groups is 2. The average Bonchev–Trinajstić information content (AvgIpc) is 2.95. The summed E-state index contributed by atoms with van der Waals surface area (Å²) >= 11 is 11.7. The highest BCUT2D eigenvalue weighted by Crippen LogP contribution is 2.21. The van der Waals surface area contributed by atoms with Gasteiger partial charge >= 0.3 is 0 Å². The summed E-state index contributed by atoms with van der Waals surface area (Å²) in [7, 11) is 1.43. The quantitative estimate of drug-likeness (QED) is 0.158. The van der Waals surface area contributed by atoms with Gasteiger partial charge in [-0.05, 0) is 49.3 Å². The fourth-order valence-electron chi connectivity index (χ4n) is 3.68. The molecule has 1 saturated heterocycles. The second-order valence-corrected chi connectivity index (χ2v) is 9.14. The largest absolute Gasteiger partial charge is 0.372 e. The van der Waals surface area contributed by atoms with Gasteiger partial charge in [0.1, 0.15) is 17.5 Å². The van der Waals surface area contributed by atoms with Gasteiger partial charge in [-0.15, -0.1) is 0 Å². The number of rotatable bonds is 6. The van der Waals surface area contributed by atoms with Crippen molar-refractivity contribution in [3.63, 3.8) is 0 Å². The molecule has 0 bridgehead atoms. The van der Waals surface area contributed by atoms with Crippen molar-refractivity contribution < 1.29 is 14.8 Å². The number of aldehydes is 1. The van der Waals surface area contributed by atoms with Gasteiger partial charge < -0.3 is 31.4 Å². The van der Waals surface area contributed by atoms with E-state index in [9.17, 15) is 4.79 Å². The molecule has 0 radical (unpaired) electrons. The van der Waals surface area contributed by atoms with Crippen LogP contribution < -0.4 is 31.6 Å². The van der Waals surface area contributed by atoms with E-state index in [0.29, 0.717) is 33.3 Å². The second kappa shape index (κ2) is 17.5. The number of hydroxylamine groups is 1. The summed E-state index contributed by atoms with van der Waals surface area (Å²) in [5.41, 5.74) is 8.40. The SMILES string of the molecule is CNO.Cc1nc(NC(=S)N/C=C/c2c(C)cccc2Cl)cc(N2CCN(c3ncc(C=O)cn3)CC2)n1.NC=O. The lowest BCUT2D eigenvalue weighted by atomic mass is 10.1. The Bertz CT molecular complexity index is 1300. The number of aromatic nitrogens is 4. The lowest BCUT2D eigenvalue weighted by Gasteiger charge is -2.35. The molecule has 2 aromatic heterocycles. The minimum absolute atomic E-state index is 0.250. The summed E-state index contributed by atoms with van der Waals surface area (Å²) in [5.74, 6) is 2.70. The third-order valence-electron chi connectivity index (χ3n) is 5.48. The van der Waals surface area contributed by atoms with Crippen LogP contribution >= 0.6 is 23.8 Å². The zero-order chi connectivity index (χ0) is 30.2. The van der Waals surface area contributed by atoms with Gasteiger partial charge in [0.15, 0.2) is 11.4 Å². The number of hydrogen-bond donors (Lipinski definition) is 5. The number of hydrogen-bond acceptors (Lipinski definition) is 11. The average molecular weight is 601 g/mol. The van der Waals surface area contributed by atoms with Crippen molar-refractivity contribution in [2.45, 2.75) is 13.8 Å². The van der Waals surface area contributed by atoms with E-state index in [1.165, 1.54) is 19.4 Å². The van der Waals surface area contributed by atoms with Crippen molar-refractivity contribution >= 4 is 65.3 Å². The Kier molecular flexibility index (Phi) is 14.0. The van der Waals surface area contributed by atoms with Gasteiger partial charge in [-0.3, -0.25) is 9.59 Å². The van der Waals surface area contributed by atoms with Crippen molar-refractivity contribution in [3.05, 3.63) is 70.4 Å². The number of nitrogens with two attached hydrogens (primary N) is 1. The summed E-state index contributed by atoms with van der Waals surface area (Å²) in [5, 5.41) is 14.6. The molecule has 0 spiro atoms. The van der Waals surface area contributed by atoms with Crippen LogP contribution in [0.1, 0.15) is 27.3 Å². The number of carbonyl (C=O) groups excluding carboxylic acids is 2. The van der Waals surface area contributed by atoms with E-state index in [1.54, 1.807) is 11.7 Å². The smallest absolute Gasteiger partial charge is 0.225 e. The van der Waals surface area contributed by atoms with Crippen molar-refractivity contribution in [1.82, 2.24) is 30.7 Å². The fourth-order valence-corrected chi connectivity index (χ4v) is 4.14. The highest BCUT2D eigenvalue weighted by molar-refractivity contribution is 7.80. The molecule has 3 heterocycles. The Morgan fingerprint density at radius 1 is 1.10 bits per heavy atom. The summed E-state index contributed by atoms with van der Waals surface area (Å²) in [6.07, 6.45) is 7.70. The molecule has 15 heteroatoms. The third kappa shape index (κ3) is 10.7. The molecule has 41 heavy (non-hydrogen) atoms. The number of anilines is 3. The molecule has 1 aromatic carbocycles. The van der Waals surface area contributed by atoms with Gasteiger partial charge in [0.05, 0.1) is 5.56 Å². The number of primary amides is 1. The Balaban J connectivity index is 0.000000901. The molecule has 4 rings (SSSR count). The lowest BCUT2D eigenvalue weighted by Crippen LogP contribution is -2.47. The highest BCUT2D eigenvalue weighted by Gasteiger charge is 2.21. The highest BCUT2D eigenvalue weighted by atomic mass is 35.5. The first-order valence-corrected chi connectivity index (χ1v) is 13.1. The van der Waals surface area contributed by atoms with Crippen LogP contribution in [0.5, 0.6) is 0 Å². The van der Waals surface area contributed by atoms with Crippen LogP contribution in [0.25, 0.3) is 6.08 Å². The molecule has 218 valence electrons. The Labute approximate surface area is 248 Å². The standard InChI is InChI=1S/C24H25ClN8OS.CH5NO.CH3NO/c1-16-4-3-5-20(25)19(16)6-7-26-24(35)31-21-12-22(30-17(2)29-21)32-8-10-33(11-9-32)23-27-13-18(15-34)14-28-23;1-2-3;2-1-3/h3-7,12-15H,8-11H2,1-2H3,(H2,26,29,30,31,35);2-3H,1H3;1H,(H2,2,3)/b7-6+;;. The topological polar surface area (TPSA) is 175 Å². The summed E-state index contributed by atoms with van der Waals surface area (Å²) < 4.78 is 0. The monoisotopic (exact) mass is 600 g/mol. The molecule has 0 atom stereocenters. The number of benzene rings is 1. The van der Waals surface area contributed by atoms with Crippen LogP contribution in [0.15, 0.2) is 42.9 Å². The summed E-state index contributed by atoms with van der Waals surface area (Å²) in [6, 6.07) is 7.66. The first kappa shape index (κ1) is 33.0. The van der Waals surface area contributed by atoms with Crippen LogP contribution in [-0.2, 0) is 4.79 Å². The normalized spacial score (nSPS) is 12.4. The molecular weight excluding hydrogens is 568 g/mol. The lowest BCUT2D eigenvalue weighted by molar-refractivity contribution is -0.106. The molecule has 1 amide bonds. The predicted molar refractivity (Wildman–Crippen MR) is 164 cm³/mol. The molecular formula is C26H33ClN10O3S. The number of nitrogens with zero attached hydrogens (tertiary/aromatic N) is 6. The number of piperazine rings is 1. The molecule has 6 N–H and O–H groups in total. The molecule has 0 unspecified atom stereocenters. The van der Waals surface area contributed by atoms with Crippen molar-refractivity contribution in [3.8, 4) is 0 Å². The van der Waals surface area contributed by atoms with Crippen molar-refractivity contribution in [2.75, 3.05) is 48.3 Å². The maximum Gasteiger partial charge on any atom is 0.225 e. The fraction of sp³-hybridized carbons (Fsp3) is 0.269. The molecule has 13 nitrogen and oxygen atoms in total. The summed E-state index contributed by atoms with van der Waals surface area (Å²) in [4.78, 5) is 41.3. The van der Waals surface area contributed by atoms with Gasteiger partial charge in [0, 0.05) is 62.9 Å². The number of aryl methyl sites for hydroxylation is 2. The van der Waals surface area contributed by atoms with E-state index in [-0.39, 0.29) is 6.41 Å². The van der Waals surface area contributed by atoms with E-state index < -0.39 is 0 Å². The van der Waals surface area contributed by atoms with E-state index >= 15 is 0 Å². The van der Waals surface area contributed by atoms with Gasteiger partial charge in [-0.25, -0.2) is 25.4 Å². The molecule has 1 fully saturated rings. The van der Waals surface area contributed by atoms with Crippen LogP contribution in [-0.4, -0.2) is 76.2 Å². The Hall–Kier alpha value is -4.24. The van der Waals surface area contributed by atoms with Crippen LogP contribution in [0.4, 0.5) is 17.6 Å². The number of thiocarbonyl (C=S) groups is 1. The third-order valence-corrected chi connectivity index (χ3v) is 6.03. The zero-order valence-corrected chi connectivity index (χ0v) is 24.5. The maximum absolute atomic E-state index is 10.8. The molecule has 1 aliphatic rings. The Morgan fingerprint density at radius 2 is 1.71 bits per heavy atom. The summed E-state index contributed by atoms with van der Waals surface area (Å²) in [6.45, 7) is 6.82. The molecule has 1 aliphatic heterocycles. The van der Waals surface area contributed by atoms with Gasteiger partial charge in [-0.1, -0.05) is 23.7 Å².